The predicted octanol–water partition coefficient (Wildman–Crippen LogP) is 4.16. The van der Waals surface area contributed by atoms with E-state index in [2.05, 4.69) is 63.6 Å². The van der Waals surface area contributed by atoms with E-state index < -0.39 is 0 Å². The molecule has 2 aromatic carbocycles. The molecule has 0 spiro atoms. The molecule has 2 heterocycles. The van der Waals surface area contributed by atoms with Gasteiger partial charge in [-0.25, -0.2) is 0 Å². The molecule has 3 aromatic rings. The van der Waals surface area contributed by atoms with Crippen molar-refractivity contribution in [1.82, 2.24) is 20.4 Å². The summed E-state index contributed by atoms with van der Waals surface area (Å²) in [5.41, 5.74) is 6.72. The zero-order chi connectivity index (χ0) is 23.2. The van der Waals surface area contributed by atoms with Crippen LogP contribution in [0.2, 0.25) is 0 Å². The number of carbonyl (C=O) groups is 1. The molecule has 0 bridgehead atoms. The number of rotatable bonds is 7. The summed E-state index contributed by atoms with van der Waals surface area (Å²) in [5, 5.41) is 11.5. The zero-order valence-corrected chi connectivity index (χ0v) is 22.4. The highest BCUT2D eigenvalue weighted by Crippen LogP contribution is 2.21. The first-order valence-electron chi connectivity index (χ1n) is 11.5. The van der Waals surface area contributed by atoms with Gasteiger partial charge in [0.05, 0.1) is 12.2 Å². The topological polar surface area (TPSA) is 74.6 Å². The van der Waals surface area contributed by atoms with Gasteiger partial charge in [-0.1, -0.05) is 42.5 Å². The van der Waals surface area contributed by atoms with Gasteiger partial charge in [-0.05, 0) is 43.5 Å². The third kappa shape index (κ3) is 6.16. The number of anilines is 1. The van der Waals surface area contributed by atoms with Gasteiger partial charge in [0.25, 0.3) is 0 Å². The van der Waals surface area contributed by atoms with Crippen LogP contribution in [0.5, 0.6) is 0 Å². The number of hydrogen-bond acceptors (Lipinski definition) is 3. The van der Waals surface area contributed by atoms with E-state index in [0.29, 0.717) is 19.5 Å². The van der Waals surface area contributed by atoms with Gasteiger partial charge in [-0.15, -0.1) is 24.0 Å². The van der Waals surface area contributed by atoms with Gasteiger partial charge in [0.1, 0.15) is 0 Å². The quantitative estimate of drug-likeness (QED) is 0.254. The van der Waals surface area contributed by atoms with Crippen molar-refractivity contribution in [2.45, 2.75) is 46.3 Å². The Morgan fingerprint density at radius 2 is 1.71 bits per heavy atom. The number of nitrogens with one attached hydrogen (secondary N) is 2. The highest BCUT2D eigenvalue weighted by Gasteiger charge is 2.21. The van der Waals surface area contributed by atoms with E-state index in [1.54, 1.807) is 7.05 Å². The number of aromatic nitrogens is 2. The largest absolute Gasteiger partial charge is 0.352 e. The van der Waals surface area contributed by atoms with Gasteiger partial charge < -0.3 is 15.5 Å². The van der Waals surface area contributed by atoms with Crippen LogP contribution in [0.4, 0.5) is 5.69 Å². The molecule has 4 rings (SSSR count). The van der Waals surface area contributed by atoms with Gasteiger partial charge in [0, 0.05) is 50.0 Å². The van der Waals surface area contributed by atoms with Crippen molar-refractivity contribution < 1.29 is 4.79 Å². The van der Waals surface area contributed by atoms with E-state index >= 15 is 0 Å². The number of nitrogens with zero attached hydrogens (tertiary/aromatic N) is 4. The fourth-order valence-electron chi connectivity index (χ4n) is 4.19. The first-order valence-corrected chi connectivity index (χ1v) is 11.5. The van der Waals surface area contributed by atoms with Crippen LogP contribution in [0.15, 0.2) is 59.6 Å². The number of guanidine groups is 1. The smallest absolute Gasteiger partial charge is 0.227 e. The Bertz CT molecular complexity index is 1120. The van der Waals surface area contributed by atoms with Crippen LogP contribution in [0, 0.1) is 13.8 Å². The van der Waals surface area contributed by atoms with Crippen molar-refractivity contribution in [3.8, 4) is 0 Å². The third-order valence-electron chi connectivity index (χ3n) is 6.14. The molecule has 180 valence electrons. The number of hydrogen-bond donors (Lipinski definition) is 2. The lowest BCUT2D eigenvalue weighted by Gasteiger charge is -2.16. The van der Waals surface area contributed by atoms with Crippen LogP contribution in [0.1, 0.15) is 40.9 Å². The van der Waals surface area contributed by atoms with Crippen molar-refractivity contribution in [2.75, 3.05) is 18.5 Å². The summed E-state index contributed by atoms with van der Waals surface area (Å²) < 4.78 is 2.06. The van der Waals surface area contributed by atoms with E-state index in [1.165, 1.54) is 11.1 Å². The molecule has 1 aromatic heterocycles. The number of aryl methyl sites for hydroxylation is 1. The first-order chi connectivity index (χ1) is 16.0. The van der Waals surface area contributed by atoms with Crippen LogP contribution < -0.4 is 15.5 Å². The Hall–Kier alpha value is -2.88. The minimum Gasteiger partial charge on any atom is -0.352 e. The summed E-state index contributed by atoms with van der Waals surface area (Å²) >= 11 is 0. The normalized spacial score (nSPS) is 13.7. The van der Waals surface area contributed by atoms with Crippen molar-refractivity contribution in [2.24, 2.45) is 4.99 Å². The molecule has 7 nitrogen and oxygen atoms in total. The Morgan fingerprint density at radius 3 is 2.35 bits per heavy atom. The van der Waals surface area contributed by atoms with E-state index in [9.17, 15) is 4.79 Å². The van der Waals surface area contributed by atoms with Gasteiger partial charge in [-0.3, -0.25) is 14.5 Å². The number of benzene rings is 2. The molecule has 8 heteroatoms. The van der Waals surface area contributed by atoms with Crippen LogP contribution in [0.25, 0.3) is 0 Å². The van der Waals surface area contributed by atoms with Crippen molar-refractivity contribution in [1.29, 1.82) is 0 Å². The highest BCUT2D eigenvalue weighted by molar-refractivity contribution is 14.0. The summed E-state index contributed by atoms with van der Waals surface area (Å²) in [4.78, 5) is 18.1. The van der Waals surface area contributed by atoms with Gasteiger partial charge in [-0.2, -0.15) is 5.10 Å². The first kappa shape index (κ1) is 25.7. The third-order valence-corrected chi connectivity index (χ3v) is 6.14. The second kappa shape index (κ2) is 12.0. The average Bonchev–Trinajstić information content (AvgIpc) is 3.37. The van der Waals surface area contributed by atoms with Gasteiger partial charge in [0.15, 0.2) is 5.96 Å². The van der Waals surface area contributed by atoms with Crippen molar-refractivity contribution >= 4 is 41.5 Å². The van der Waals surface area contributed by atoms with Gasteiger partial charge in [0.2, 0.25) is 5.91 Å². The molecular weight excluding hydrogens is 539 g/mol. The predicted molar refractivity (Wildman–Crippen MR) is 148 cm³/mol. The van der Waals surface area contributed by atoms with Crippen LogP contribution in [0.3, 0.4) is 0 Å². The molecule has 2 N–H and O–H groups in total. The molecule has 1 amide bonds. The monoisotopic (exact) mass is 572 g/mol. The lowest BCUT2D eigenvalue weighted by Crippen LogP contribution is -2.36. The van der Waals surface area contributed by atoms with E-state index in [-0.39, 0.29) is 29.9 Å². The Kier molecular flexibility index (Phi) is 9.09. The Balaban J connectivity index is 0.00000324. The molecule has 1 aliphatic heterocycles. The molecule has 34 heavy (non-hydrogen) atoms. The summed E-state index contributed by atoms with van der Waals surface area (Å²) in [6.45, 7) is 7.05. The number of aliphatic imine (C=N–C) groups is 1. The maximum absolute atomic E-state index is 11.9. The van der Waals surface area contributed by atoms with Crippen LogP contribution >= 0.6 is 24.0 Å². The molecular formula is C26H33IN6O. The van der Waals surface area contributed by atoms with Crippen LogP contribution in [-0.4, -0.2) is 35.2 Å². The minimum absolute atomic E-state index is 0. The standard InChI is InChI=1S/C26H32N6O.HI/c1-19-24(20(2)32(30-19)18-22-8-5-4-6-9-22)17-29-26(27-3)28-16-21-11-13-23(14-12-21)31-15-7-10-25(31)33;/h4-6,8-9,11-14H,7,10,15-18H2,1-3H3,(H2,27,28,29);1H. The molecule has 1 aliphatic rings. The Labute approximate surface area is 218 Å². The molecule has 1 saturated heterocycles. The second-order valence-corrected chi connectivity index (χ2v) is 8.39. The van der Waals surface area contributed by atoms with Crippen molar-refractivity contribution in [3.63, 3.8) is 0 Å². The molecule has 0 saturated carbocycles. The van der Waals surface area contributed by atoms with Crippen molar-refractivity contribution in [3.05, 3.63) is 82.7 Å². The summed E-state index contributed by atoms with van der Waals surface area (Å²) in [7, 11) is 1.77. The summed E-state index contributed by atoms with van der Waals surface area (Å²) in [6, 6.07) is 18.5. The minimum atomic E-state index is 0. The second-order valence-electron chi connectivity index (χ2n) is 8.39. The molecule has 1 fully saturated rings. The van der Waals surface area contributed by atoms with E-state index in [4.69, 9.17) is 5.10 Å². The van der Waals surface area contributed by atoms with Gasteiger partial charge >= 0.3 is 0 Å². The summed E-state index contributed by atoms with van der Waals surface area (Å²) in [6.07, 6.45) is 1.59. The lowest BCUT2D eigenvalue weighted by molar-refractivity contribution is -0.117. The molecule has 0 atom stereocenters. The van der Waals surface area contributed by atoms with Crippen LogP contribution in [-0.2, 0) is 24.4 Å². The van der Waals surface area contributed by atoms with E-state index in [1.807, 2.05) is 30.0 Å². The highest BCUT2D eigenvalue weighted by atomic mass is 127. The number of amides is 1. The number of carbonyl (C=O) groups excluding carboxylic acids is 1. The van der Waals surface area contributed by atoms with E-state index in [0.717, 1.165) is 48.1 Å². The lowest BCUT2D eigenvalue weighted by atomic mass is 10.2. The molecule has 0 radical (unpaired) electrons. The summed E-state index contributed by atoms with van der Waals surface area (Å²) in [5.74, 6) is 0.951. The zero-order valence-electron chi connectivity index (χ0n) is 20.0. The maximum Gasteiger partial charge on any atom is 0.227 e. The fourth-order valence-corrected chi connectivity index (χ4v) is 4.19. The molecule has 0 unspecified atom stereocenters. The average molecular weight is 572 g/mol. The fraction of sp³-hybridized carbons (Fsp3) is 0.346. The number of halogens is 1. The maximum atomic E-state index is 11.9. The molecule has 0 aliphatic carbocycles. The Morgan fingerprint density at radius 1 is 1.00 bits per heavy atom. The SMILES string of the molecule is CN=C(NCc1ccc(N2CCCC2=O)cc1)NCc1c(C)nn(Cc2ccccc2)c1C.I.